The topological polar surface area (TPSA) is 42.0 Å². The number of halogens is 1. The van der Waals surface area contributed by atoms with E-state index in [1.54, 1.807) is 23.5 Å². The molecule has 0 bridgehead atoms. The second kappa shape index (κ2) is 5.47. The molecule has 2 fully saturated rings. The quantitative estimate of drug-likeness (QED) is 0.916. The van der Waals surface area contributed by atoms with Gasteiger partial charge in [0, 0.05) is 17.2 Å². The molecule has 5 heteroatoms. The number of thiazole rings is 1. The van der Waals surface area contributed by atoms with E-state index >= 15 is 0 Å². The highest BCUT2D eigenvalue weighted by molar-refractivity contribution is 7.09. The molecule has 2 saturated carbocycles. The Morgan fingerprint density at radius 1 is 1.32 bits per heavy atom. The summed E-state index contributed by atoms with van der Waals surface area (Å²) in [6.07, 6.45) is 3.35. The predicted molar refractivity (Wildman–Crippen MR) is 83.2 cm³/mol. The summed E-state index contributed by atoms with van der Waals surface area (Å²) < 4.78 is 12.9. The number of rotatable bonds is 5. The number of hydrogen-bond donors (Lipinski definition) is 1. The smallest absolute Gasteiger partial charge is 0.224 e. The van der Waals surface area contributed by atoms with Crippen LogP contribution in [-0.4, -0.2) is 10.9 Å². The third-order valence-electron chi connectivity index (χ3n) is 4.37. The normalized spacial score (nSPS) is 23.3. The van der Waals surface area contributed by atoms with Gasteiger partial charge in [-0.1, -0.05) is 12.1 Å². The molecule has 2 atom stereocenters. The van der Waals surface area contributed by atoms with Crippen LogP contribution in [0.15, 0.2) is 29.6 Å². The minimum atomic E-state index is -0.236. The maximum Gasteiger partial charge on any atom is 0.224 e. The molecule has 2 aliphatic rings. The second-order valence-electron chi connectivity index (χ2n) is 6.17. The van der Waals surface area contributed by atoms with Crippen molar-refractivity contribution < 1.29 is 9.18 Å². The summed E-state index contributed by atoms with van der Waals surface area (Å²) in [5.41, 5.74) is 2.01. The predicted octanol–water partition coefficient (Wildman–Crippen LogP) is 3.58. The lowest BCUT2D eigenvalue weighted by Crippen LogP contribution is -2.25. The lowest BCUT2D eigenvalue weighted by Gasteiger charge is -2.03. The fourth-order valence-electron chi connectivity index (χ4n) is 2.79. The van der Waals surface area contributed by atoms with Gasteiger partial charge >= 0.3 is 0 Å². The Morgan fingerprint density at radius 2 is 2.09 bits per heavy atom. The second-order valence-corrected chi connectivity index (χ2v) is 7.06. The van der Waals surface area contributed by atoms with Crippen LogP contribution in [0.25, 0.3) is 0 Å². The van der Waals surface area contributed by atoms with Gasteiger partial charge in [-0.2, -0.15) is 0 Å². The van der Waals surface area contributed by atoms with Crippen LogP contribution in [-0.2, 0) is 11.3 Å². The van der Waals surface area contributed by atoms with Gasteiger partial charge in [0.25, 0.3) is 0 Å². The van der Waals surface area contributed by atoms with Crippen LogP contribution in [0.3, 0.4) is 0 Å². The average molecular weight is 316 g/mol. The molecular weight excluding hydrogens is 299 g/mol. The van der Waals surface area contributed by atoms with Gasteiger partial charge in [0.15, 0.2) is 0 Å². The van der Waals surface area contributed by atoms with Crippen molar-refractivity contribution in [3.8, 4) is 0 Å². The van der Waals surface area contributed by atoms with Gasteiger partial charge < -0.3 is 5.32 Å². The third-order valence-corrected chi connectivity index (χ3v) is 5.42. The first kappa shape index (κ1) is 13.9. The van der Waals surface area contributed by atoms with Crippen molar-refractivity contribution in [2.24, 2.45) is 5.92 Å². The van der Waals surface area contributed by atoms with Crippen molar-refractivity contribution in [2.45, 2.75) is 37.6 Å². The molecular formula is C17H17FN2OS. The third kappa shape index (κ3) is 2.90. The number of carbonyl (C=O) groups excluding carboxylic acids is 1. The van der Waals surface area contributed by atoms with Gasteiger partial charge in [0.05, 0.1) is 17.2 Å². The molecule has 2 aromatic rings. The number of carbonyl (C=O) groups is 1. The van der Waals surface area contributed by atoms with Crippen molar-refractivity contribution in [3.05, 3.63) is 51.7 Å². The summed E-state index contributed by atoms with van der Waals surface area (Å²) in [6, 6.07) is 6.46. The molecule has 1 aromatic carbocycles. The van der Waals surface area contributed by atoms with E-state index in [4.69, 9.17) is 0 Å². The van der Waals surface area contributed by atoms with Crippen molar-refractivity contribution in [1.82, 2.24) is 10.3 Å². The number of hydrogen-bond acceptors (Lipinski definition) is 3. The molecule has 22 heavy (non-hydrogen) atoms. The van der Waals surface area contributed by atoms with E-state index in [2.05, 4.69) is 10.3 Å². The van der Waals surface area contributed by atoms with Crippen LogP contribution >= 0.6 is 11.3 Å². The zero-order chi connectivity index (χ0) is 15.1. The van der Waals surface area contributed by atoms with Gasteiger partial charge in [0.2, 0.25) is 5.91 Å². The van der Waals surface area contributed by atoms with Crippen LogP contribution in [0.5, 0.6) is 0 Å². The van der Waals surface area contributed by atoms with Crippen LogP contribution in [0.4, 0.5) is 4.39 Å². The van der Waals surface area contributed by atoms with Crippen molar-refractivity contribution in [1.29, 1.82) is 0 Å². The summed E-state index contributed by atoms with van der Waals surface area (Å²) in [4.78, 5) is 16.7. The minimum Gasteiger partial charge on any atom is -0.350 e. The van der Waals surface area contributed by atoms with Gasteiger partial charge in [0.1, 0.15) is 5.82 Å². The first-order chi connectivity index (χ1) is 10.7. The lowest BCUT2D eigenvalue weighted by molar-refractivity contribution is -0.122. The first-order valence-electron chi connectivity index (χ1n) is 7.68. The molecule has 4 rings (SSSR count). The van der Waals surface area contributed by atoms with Gasteiger partial charge in [-0.3, -0.25) is 4.79 Å². The van der Waals surface area contributed by atoms with Crippen LogP contribution in [0.1, 0.15) is 47.4 Å². The number of amides is 1. The molecule has 0 saturated heterocycles. The van der Waals surface area contributed by atoms with E-state index in [1.807, 2.05) is 5.38 Å². The molecule has 1 amide bonds. The van der Waals surface area contributed by atoms with Crippen LogP contribution in [0, 0.1) is 11.7 Å². The molecule has 1 N–H and O–H groups in total. The maximum absolute atomic E-state index is 12.9. The Kier molecular flexibility index (Phi) is 3.45. The lowest BCUT2D eigenvalue weighted by atomic mass is 10.1. The molecule has 0 radical (unpaired) electrons. The molecule has 0 unspecified atom stereocenters. The zero-order valence-corrected chi connectivity index (χ0v) is 12.9. The maximum atomic E-state index is 12.9. The van der Waals surface area contributed by atoms with Crippen molar-refractivity contribution >= 4 is 17.2 Å². The summed E-state index contributed by atoms with van der Waals surface area (Å²) in [6.45, 7) is 0.509. The molecule has 1 aromatic heterocycles. The molecule has 1 heterocycles. The SMILES string of the molecule is O=C(NCc1csc(C2CC2)n1)[C@H]1C[C@H]1c1ccc(F)cc1. The summed E-state index contributed by atoms with van der Waals surface area (Å²) in [5, 5.41) is 6.22. The highest BCUT2D eigenvalue weighted by Crippen LogP contribution is 2.47. The molecule has 0 aliphatic heterocycles. The van der Waals surface area contributed by atoms with Crippen LogP contribution < -0.4 is 5.32 Å². The van der Waals surface area contributed by atoms with Gasteiger partial charge in [-0.25, -0.2) is 9.37 Å². The van der Waals surface area contributed by atoms with E-state index in [9.17, 15) is 9.18 Å². The number of aromatic nitrogens is 1. The minimum absolute atomic E-state index is 0.0204. The summed E-state index contributed by atoms with van der Waals surface area (Å²) in [7, 11) is 0. The number of nitrogens with zero attached hydrogens (tertiary/aromatic N) is 1. The Morgan fingerprint density at radius 3 is 2.82 bits per heavy atom. The Bertz CT molecular complexity index is 693. The highest BCUT2D eigenvalue weighted by Gasteiger charge is 2.43. The Hall–Kier alpha value is -1.75. The van der Waals surface area contributed by atoms with E-state index in [0.29, 0.717) is 12.5 Å². The van der Waals surface area contributed by atoms with E-state index < -0.39 is 0 Å². The molecule has 114 valence electrons. The zero-order valence-electron chi connectivity index (χ0n) is 12.1. The number of nitrogens with one attached hydrogen (secondary N) is 1. The fraction of sp³-hybridized carbons (Fsp3) is 0.412. The monoisotopic (exact) mass is 316 g/mol. The van der Waals surface area contributed by atoms with Crippen molar-refractivity contribution in [2.75, 3.05) is 0 Å². The fourth-order valence-corrected chi connectivity index (χ4v) is 3.78. The first-order valence-corrected chi connectivity index (χ1v) is 8.56. The summed E-state index contributed by atoms with van der Waals surface area (Å²) in [5.74, 6) is 0.765. The van der Waals surface area contributed by atoms with Gasteiger partial charge in [-0.05, 0) is 42.9 Å². The standard InChI is InChI=1S/C17H17FN2OS/c18-12-5-3-10(4-6-12)14-7-15(14)16(21)19-8-13-9-22-17(20-13)11-1-2-11/h3-6,9,11,14-15H,1-2,7-8H2,(H,19,21)/t14-,15-/m0/s1. The average Bonchev–Trinajstić information content (AvgIpc) is 3.44. The highest BCUT2D eigenvalue weighted by atomic mass is 32.1. The van der Waals surface area contributed by atoms with E-state index in [-0.39, 0.29) is 23.6 Å². The molecule has 3 nitrogen and oxygen atoms in total. The summed E-state index contributed by atoms with van der Waals surface area (Å²) >= 11 is 1.70. The Balaban J connectivity index is 1.30. The van der Waals surface area contributed by atoms with E-state index in [0.717, 1.165) is 17.7 Å². The largest absolute Gasteiger partial charge is 0.350 e. The Labute approximate surface area is 132 Å². The molecule has 2 aliphatic carbocycles. The molecule has 0 spiro atoms. The van der Waals surface area contributed by atoms with Gasteiger partial charge in [-0.15, -0.1) is 11.3 Å². The number of benzene rings is 1. The van der Waals surface area contributed by atoms with Crippen LogP contribution in [0.2, 0.25) is 0 Å². The van der Waals surface area contributed by atoms with Crippen molar-refractivity contribution in [3.63, 3.8) is 0 Å². The van der Waals surface area contributed by atoms with E-state index in [1.165, 1.54) is 30.0 Å².